The van der Waals surface area contributed by atoms with Crippen LogP contribution in [0.5, 0.6) is 0 Å². The van der Waals surface area contributed by atoms with E-state index >= 15 is 0 Å². The molecular formula is C8H18F2N2O. The molecule has 0 aliphatic carbocycles. The highest BCUT2D eigenvalue weighted by atomic mass is 19.3. The molecule has 0 aromatic heterocycles. The highest BCUT2D eigenvalue weighted by Gasteiger charge is 2.29. The van der Waals surface area contributed by atoms with Crippen LogP contribution in [0.15, 0.2) is 0 Å². The summed E-state index contributed by atoms with van der Waals surface area (Å²) in [5.41, 5.74) is 4.92. The fourth-order valence-electron chi connectivity index (χ4n) is 0.954. The second-order valence-corrected chi connectivity index (χ2v) is 3.28. The van der Waals surface area contributed by atoms with E-state index in [-0.39, 0.29) is 12.6 Å². The first-order valence-electron chi connectivity index (χ1n) is 4.20. The van der Waals surface area contributed by atoms with Gasteiger partial charge in [0.05, 0.1) is 19.7 Å². The number of likely N-dealkylation sites (N-methyl/N-ethyl adjacent to an activating group) is 1. The van der Waals surface area contributed by atoms with Crippen molar-refractivity contribution in [2.75, 3.05) is 33.9 Å². The lowest BCUT2D eigenvalue weighted by atomic mass is 10.2. The molecule has 3 nitrogen and oxygen atoms in total. The first kappa shape index (κ1) is 12.7. The molecule has 0 bridgehead atoms. The van der Waals surface area contributed by atoms with E-state index in [4.69, 9.17) is 10.5 Å². The van der Waals surface area contributed by atoms with Crippen molar-refractivity contribution in [3.63, 3.8) is 0 Å². The SMILES string of the molecule is COCC(C)N(C)CC(F)(F)CN. The fraction of sp³-hybridized carbons (Fsp3) is 1.00. The van der Waals surface area contributed by atoms with Gasteiger partial charge in [0.1, 0.15) is 0 Å². The molecule has 0 aromatic rings. The highest BCUT2D eigenvalue weighted by Crippen LogP contribution is 2.13. The molecule has 0 spiro atoms. The van der Waals surface area contributed by atoms with Gasteiger partial charge in [-0.05, 0) is 14.0 Å². The molecule has 0 aromatic carbocycles. The van der Waals surface area contributed by atoms with E-state index in [1.807, 2.05) is 6.92 Å². The topological polar surface area (TPSA) is 38.5 Å². The minimum atomic E-state index is -2.81. The van der Waals surface area contributed by atoms with Crippen LogP contribution in [0.3, 0.4) is 0 Å². The number of hydrogen-bond acceptors (Lipinski definition) is 3. The van der Waals surface area contributed by atoms with E-state index in [1.54, 1.807) is 14.2 Å². The molecule has 80 valence electrons. The minimum Gasteiger partial charge on any atom is -0.383 e. The molecule has 1 atom stereocenters. The van der Waals surface area contributed by atoms with Crippen molar-refractivity contribution in [2.45, 2.75) is 18.9 Å². The molecule has 0 saturated carbocycles. The summed E-state index contributed by atoms with van der Waals surface area (Å²) in [5.74, 6) is -2.81. The lowest BCUT2D eigenvalue weighted by Gasteiger charge is -2.27. The summed E-state index contributed by atoms with van der Waals surface area (Å²) in [5, 5.41) is 0. The summed E-state index contributed by atoms with van der Waals surface area (Å²) < 4.78 is 30.4. The molecule has 1 unspecified atom stereocenters. The number of nitrogens with two attached hydrogens (primary N) is 1. The molecule has 0 heterocycles. The molecule has 0 aliphatic heterocycles. The zero-order chi connectivity index (χ0) is 10.5. The van der Waals surface area contributed by atoms with Crippen molar-refractivity contribution < 1.29 is 13.5 Å². The molecule has 0 saturated heterocycles. The van der Waals surface area contributed by atoms with Gasteiger partial charge >= 0.3 is 0 Å². The summed E-state index contributed by atoms with van der Waals surface area (Å²) in [7, 11) is 3.18. The number of alkyl halides is 2. The van der Waals surface area contributed by atoms with Crippen LogP contribution in [0.2, 0.25) is 0 Å². The molecule has 0 radical (unpaired) electrons. The normalized spacial score (nSPS) is 15.0. The van der Waals surface area contributed by atoms with E-state index in [1.165, 1.54) is 4.90 Å². The highest BCUT2D eigenvalue weighted by molar-refractivity contribution is 4.74. The molecular weight excluding hydrogens is 178 g/mol. The standard InChI is InChI=1S/C8H18F2N2O/c1-7(4-13-3)12(2)6-8(9,10)5-11/h7H,4-6,11H2,1-3H3. The van der Waals surface area contributed by atoms with E-state index in [0.29, 0.717) is 6.61 Å². The Bertz CT molecular complexity index is 144. The predicted octanol–water partition coefficient (Wildman–Crippen LogP) is 0.547. The lowest BCUT2D eigenvalue weighted by molar-refractivity contribution is -0.0322. The van der Waals surface area contributed by atoms with Gasteiger partial charge in [-0.25, -0.2) is 8.78 Å². The summed E-state index contributed by atoms with van der Waals surface area (Å²) >= 11 is 0. The maximum atomic E-state index is 12.8. The summed E-state index contributed by atoms with van der Waals surface area (Å²) in [4.78, 5) is 1.54. The molecule has 0 amide bonds. The van der Waals surface area contributed by atoms with Crippen molar-refractivity contribution in [3.05, 3.63) is 0 Å². The molecule has 2 N–H and O–H groups in total. The Labute approximate surface area is 77.8 Å². The first-order chi connectivity index (χ1) is 5.93. The van der Waals surface area contributed by atoms with Gasteiger partial charge in [0.2, 0.25) is 0 Å². The maximum Gasteiger partial charge on any atom is 0.272 e. The van der Waals surface area contributed by atoms with Gasteiger partial charge in [-0.15, -0.1) is 0 Å². The van der Waals surface area contributed by atoms with Crippen LogP contribution in [0.4, 0.5) is 8.78 Å². The minimum absolute atomic E-state index is 0.0255. The van der Waals surface area contributed by atoms with Crippen molar-refractivity contribution in [3.8, 4) is 0 Å². The van der Waals surface area contributed by atoms with Crippen LogP contribution in [0, 0.1) is 0 Å². The average molecular weight is 196 g/mol. The molecule has 0 rings (SSSR count). The second kappa shape index (κ2) is 5.47. The quantitative estimate of drug-likeness (QED) is 0.674. The summed E-state index contributed by atoms with van der Waals surface area (Å²) in [6.07, 6.45) is 0. The second-order valence-electron chi connectivity index (χ2n) is 3.28. The molecule has 0 fully saturated rings. The zero-order valence-corrected chi connectivity index (χ0v) is 8.39. The Morgan fingerprint density at radius 3 is 2.46 bits per heavy atom. The Morgan fingerprint density at radius 1 is 1.54 bits per heavy atom. The van der Waals surface area contributed by atoms with Crippen LogP contribution in [0.1, 0.15) is 6.92 Å². The molecule has 0 aliphatic rings. The number of nitrogens with zero attached hydrogens (tertiary/aromatic N) is 1. The van der Waals surface area contributed by atoms with Crippen molar-refractivity contribution in [1.82, 2.24) is 4.90 Å². The largest absolute Gasteiger partial charge is 0.383 e. The lowest BCUT2D eigenvalue weighted by Crippen LogP contribution is -2.44. The van der Waals surface area contributed by atoms with E-state index in [0.717, 1.165) is 0 Å². The summed E-state index contributed by atoms with van der Waals surface area (Å²) in [6.45, 7) is 1.33. The van der Waals surface area contributed by atoms with Crippen molar-refractivity contribution in [1.29, 1.82) is 0 Å². The number of halogens is 2. The Hall–Kier alpha value is -0.260. The smallest absolute Gasteiger partial charge is 0.272 e. The summed E-state index contributed by atoms with van der Waals surface area (Å²) in [6, 6.07) is -0.0255. The monoisotopic (exact) mass is 196 g/mol. The van der Waals surface area contributed by atoms with Crippen LogP contribution >= 0.6 is 0 Å². The number of methoxy groups -OCH3 is 1. The Balaban J connectivity index is 3.91. The molecule has 13 heavy (non-hydrogen) atoms. The van der Waals surface area contributed by atoms with E-state index < -0.39 is 12.5 Å². The number of rotatable bonds is 6. The van der Waals surface area contributed by atoms with Gasteiger partial charge < -0.3 is 10.5 Å². The van der Waals surface area contributed by atoms with E-state index in [9.17, 15) is 8.78 Å². The van der Waals surface area contributed by atoms with Gasteiger partial charge in [-0.1, -0.05) is 0 Å². The third-order valence-corrected chi connectivity index (χ3v) is 1.94. The van der Waals surface area contributed by atoms with Gasteiger partial charge in [-0.3, -0.25) is 4.90 Å². The fourth-order valence-corrected chi connectivity index (χ4v) is 0.954. The third-order valence-electron chi connectivity index (χ3n) is 1.94. The van der Waals surface area contributed by atoms with Gasteiger partial charge in [0, 0.05) is 13.2 Å². The number of hydrogen-bond donors (Lipinski definition) is 1. The average Bonchev–Trinajstić information content (AvgIpc) is 2.04. The van der Waals surface area contributed by atoms with Crippen molar-refractivity contribution >= 4 is 0 Å². The van der Waals surface area contributed by atoms with Crippen LogP contribution in [0.25, 0.3) is 0 Å². The Kier molecular flexibility index (Phi) is 5.36. The third kappa shape index (κ3) is 5.13. The van der Waals surface area contributed by atoms with Gasteiger partial charge in [-0.2, -0.15) is 0 Å². The Morgan fingerprint density at radius 2 is 2.08 bits per heavy atom. The van der Waals surface area contributed by atoms with Crippen LogP contribution in [-0.4, -0.2) is 50.7 Å². The van der Waals surface area contributed by atoms with Gasteiger partial charge in [0.25, 0.3) is 5.92 Å². The number of ether oxygens (including phenoxy) is 1. The predicted molar refractivity (Wildman–Crippen MR) is 48.0 cm³/mol. The van der Waals surface area contributed by atoms with Crippen molar-refractivity contribution in [2.24, 2.45) is 5.73 Å². The molecule has 5 heteroatoms. The first-order valence-corrected chi connectivity index (χ1v) is 4.20. The zero-order valence-electron chi connectivity index (χ0n) is 8.39. The van der Waals surface area contributed by atoms with E-state index in [2.05, 4.69) is 0 Å². The van der Waals surface area contributed by atoms with Gasteiger partial charge in [0.15, 0.2) is 0 Å². The van der Waals surface area contributed by atoms with Crippen LogP contribution in [-0.2, 0) is 4.74 Å². The maximum absolute atomic E-state index is 12.8. The van der Waals surface area contributed by atoms with Crippen LogP contribution < -0.4 is 5.73 Å².